The maximum Gasteiger partial charge on any atom is 0.339 e. The lowest BCUT2D eigenvalue weighted by Gasteiger charge is -2.20. The minimum absolute atomic E-state index is 0.0409. The molecule has 0 aromatic heterocycles. The topological polar surface area (TPSA) is 80.7 Å². The number of fused-ring (bicyclic) bond motifs is 1. The van der Waals surface area contributed by atoms with Crippen molar-refractivity contribution >= 4 is 15.8 Å². The number of ether oxygens (including phenoxy) is 1. The first-order chi connectivity index (χ1) is 12.9. The third kappa shape index (κ3) is 4.50. The smallest absolute Gasteiger partial charge is 0.339 e. The highest BCUT2D eigenvalue weighted by Gasteiger charge is 2.25. The predicted octanol–water partition coefficient (Wildman–Crippen LogP) is 4.03. The first-order valence-corrected chi connectivity index (χ1v) is 10.9. The Balaban J connectivity index is 1.88. The van der Waals surface area contributed by atoms with Gasteiger partial charge >= 0.3 is 5.97 Å². The van der Waals surface area contributed by atoms with E-state index in [1.165, 1.54) is 11.6 Å². The zero-order valence-corrected chi connectivity index (χ0v) is 16.2. The van der Waals surface area contributed by atoms with Crippen LogP contribution in [0.15, 0.2) is 41.3 Å². The van der Waals surface area contributed by atoms with E-state index in [-0.39, 0.29) is 16.2 Å². The molecule has 0 atom stereocenters. The van der Waals surface area contributed by atoms with E-state index in [0.29, 0.717) is 29.9 Å². The molecular formula is C21H24O5S. The van der Waals surface area contributed by atoms with Crippen LogP contribution in [0, 0.1) is 0 Å². The minimum atomic E-state index is -3.65. The Bertz CT molecular complexity index is 930. The Kier molecular flexibility index (Phi) is 5.85. The van der Waals surface area contributed by atoms with E-state index < -0.39 is 15.8 Å². The van der Waals surface area contributed by atoms with Crippen molar-refractivity contribution in [3.63, 3.8) is 0 Å². The van der Waals surface area contributed by atoms with Gasteiger partial charge in [0.1, 0.15) is 11.3 Å². The molecule has 0 saturated heterocycles. The van der Waals surface area contributed by atoms with E-state index in [9.17, 15) is 18.3 Å². The SMILES string of the molecule is CCCCc1ccc(CS(=O)(=O)c2cc3c(c(C(=O)O)c2)OCCC3)cc1. The quantitative estimate of drug-likeness (QED) is 0.775. The number of carbonyl (C=O) groups is 1. The van der Waals surface area contributed by atoms with Crippen LogP contribution in [0.3, 0.4) is 0 Å². The lowest BCUT2D eigenvalue weighted by atomic mass is 10.0. The average molecular weight is 388 g/mol. The highest BCUT2D eigenvalue weighted by atomic mass is 32.2. The molecule has 3 rings (SSSR count). The van der Waals surface area contributed by atoms with E-state index in [1.807, 2.05) is 24.3 Å². The van der Waals surface area contributed by atoms with E-state index in [0.717, 1.165) is 25.7 Å². The largest absolute Gasteiger partial charge is 0.492 e. The van der Waals surface area contributed by atoms with Crippen molar-refractivity contribution in [2.45, 2.75) is 49.7 Å². The number of aryl methyl sites for hydroxylation is 2. The summed E-state index contributed by atoms with van der Waals surface area (Å²) >= 11 is 0. The highest BCUT2D eigenvalue weighted by Crippen LogP contribution is 2.33. The number of carboxylic acids is 1. The van der Waals surface area contributed by atoms with Gasteiger partial charge in [-0.15, -0.1) is 0 Å². The van der Waals surface area contributed by atoms with Crippen LogP contribution < -0.4 is 4.74 Å². The van der Waals surface area contributed by atoms with Crippen molar-refractivity contribution in [2.24, 2.45) is 0 Å². The summed E-state index contributed by atoms with van der Waals surface area (Å²) in [7, 11) is -3.65. The number of benzene rings is 2. The maximum atomic E-state index is 12.9. The molecule has 1 aliphatic rings. The van der Waals surface area contributed by atoms with Crippen LogP contribution in [-0.4, -0.2) is 26.1 Å². The van der Waals surface area contributed by atoms with Crippen LogP contribution >= 0.6 is 0 Å². The van der Waals surface area contributed by atoms with E-state index in [4.69, 9.17) is 4.74 Å². The Morgan fingerprint density at radius 3 is 2.52 bits per heavy atom. The van der Waals surface area contributed by atoms with Crippen LogP contribution in [0.5, 0.6) is 5.75 Å². The number of hydrogen-bond donors (Lipinski definition) is 1. The minimum Gasteiger partial charge on any atom is -0.492 e. The summed E-state index contributed by atoms with van der Waals surface area (Å²) in [4.78, 5) is 11.6. The zero-order valence-electron chi connectivity index (χ0n) is 15.4. The van der Waals surface area contributed by atoms with Gasteiger partial charge in [-0.2, -0.15) is 0 Å². The molecule has 2 aromatic rings. The van der Waals surface area contributed by atoms with Crippen LogP contribution in [0.1, 0.15) is 53.2 Å². The third-order valence-electron chi connectivity index (χ3n) is 4.76. The molecule has 0 fully saturated rings. The van der Waals surface area contributed by atoms with Gasteiger partial charge < -0.3 is 9.84 Å². The van der Waals surface area contributed by atoms with Gasteiger partial charge in [0.25, 0.3) is 0 Å². The number of aromatic carboxylic acids is 1. The third-order valence-corrected chi connectivity index (χ3v) is 6.43. The van der Waals surface area contributed by atoms with Gasteiger partial charge in [0.15, 0.2) is 9.84 Å². The molecule has 6 heteroatoms. The van der Waals surface area contributed by atoms with Gasteiger partial charge in [-0.25, -0.2) is 13.2 Å². The first kappa shape index (κ1) is 19.4. The molecule has 1 aliphatic heterocycles. The lowest BCUT2D eigenvalue weighted by Crippen LogP contribution is -2.15. The van der Waals surface area contributed by atoms with Gasteiger partial charge in [0, 0.05) is 0 Å². The fourth-order valence-corrected chi connectivity index (χ4v) is 4.69. The predicted molar refractivity (Wildman–Crippen MR) is 103 cm³/mol. The maximum absolute atomic E-state index is 12.9. The van der Waals surface area contributed by atoms with Gasteiger partial charge in [-0.1, -0.05) is 37.6 Å². The second-order valence-corrected chi connectivity index (χ2v) is 8.88. The number of unbranched alkanes of at least 4 members (excludes halogenated alkanes) is 1. The molecule has 0 bridgehead atoms. The fraction of sp³-hybridized carbons (Fsp3) is 0.381. The van der Waals surface area contributed by atoms with Crippen LogP contribution in [0.25, 0.3) is 0 Å². The molecule has 27 heavy (non-hydrogen) atoms. The molecule has 0 spiro atoms. The summed E-state index contributed by atoms with van der Waals surface area (Å²) in [6.45, 7) is 2.58. The van der Waals surface area contributed by atoms with E-state index in [2.05, 4.69) is 6.92 Å². The Morgan fingerprint density at radius 2 is 1.85 bits per heavy atom. The Labute approximate surface area is 159 Å². The van der Waals surface area contributed by atoms with Crippen LogP contribution in [0.2, 0.25) is 0 Å². The summed E-state index contributed by atoms with van der Waals surface area (Å²) < 4.78 is 31.2. The summed E-state index contributed by atoms with van der Waals surface area (Å²) in [5, 5.41) is 9.45. The van der Waals surface area contributed by atoms with Gasteiger partial charge in [-0.05, 0) is 54.5 Å². The monoisotopic (exact) mass is 388 g/mol. The van der Waals surface area contributed by atoms with Crippen molar-refractivity contribution in [3.8, 4) is 5.75 Å². The van der Waals surface area contributed by atoms with Crippen LogP contribution in [-0.2, 0) is 28.4 Å². The number of sulfone groups is 1. The van der Waals surface area contributed by atoms with Gasteiger partial charge in [0.2, 0.25) is 0 Å². The molecule has 0 amide bonds. The van der Waals surface area contributed by atoms with Crippen molar-refractivity contribution in [2.75, 3.05) is 6.61 Å². The van der Waals surface area contributed by atoms with Gasteiger partial charge in [-0.3, -0.25) is 0 Å². The molecule has 2 aromatic carbocycles. The van der Waals surface area contributed by atoms with Crippen molar-refractivity contribution in [1.29, 1.82) is 0 Å². The summed E-state index contributed by atoms with van der Waals surface area (Å²) in [6.07, 6.45) is 4.56. The Morgan fingerprint density at radius 1 is 1.15 bits per heavy atom. The Hall–Kier alpha value is -2.34. The molecular weight excluding hydrogens is 364 g/mol. The molecule has 0 radical (unpaired) electrons. The number of hydrogen-bond acceptors (Lipinski definition) is 4. The summed E-state index contributed by atoms with van der Waals surface area (Å²) in [5.74, 6) is -1.03. The molecule has 1 heterocycles. The molecule has 144 valence electrons. The molecule has 0 unspecified atom stereocenters. The zero-order chi connectivity index (χ0) is 19.4. The van der Waals surface area contributed by atoms with Gasteiger partial charge in [0.05, 0.1) is 17.3 Å². The molecule has 1 N–H and O–H groups in total. The van der Waals surface area contributed by atoms with E-state index in [1.54, 1.807) is 6.07 Å². The van der Waals surface area contributed by atoms with Crippen molar-refractivity contribution in [1.82, 2.24) is 0 Å². The number of rotatable bonds is 7. The molecule has 5 nitrogen and oxygen atoms in total. The van der Waals surface area contributed by atoms with Crippen LogP contribution in [0.4, 0.5) is 0 Å². The highest BCUT2D eigenvalue weighted by molar-refractivity contribution is 7.90. The lowest BCUT2D eigenvalue weighted by molar-refractivity contribution is 0.0691. The normalized spacial score (nSPS) is 13.7. The van der Waals surface area contributed by atoms with Crippen molar-refractivity contribution in [3.05, 3.63) is 58.7 Å². The number of carboxylic acid groups (broad SMARTS) is 1. The standard InChI is InChI=1S/C21H24O5S/c1-2-3-5-15-7-9-16(10-8-15)14-27(24,25)18-12-17-6-4-11-26-20(17)19(13-18)21(22)23/h7-10,12-13H,2-6,11,14H2,1H3,(H,22,23). The first-order valence-electron chi connectivity index (χ1n) is 9.24. The molecule has 0 aliphatic carbocycles. The second kappa shape index (κ2) is 8.13. The van der Waals surface area contributed by atoms with E-state index >= 15 is 0 Å². The fourth-order valence-electron chi connectivity index (χ4n) is 3.28. The summed E-state index contributed by atoms with van der Waals surface area (Å²) in [5.41, 5.74) is 2.45. The van der Waals surface area contributed by atoms with Crippen molar-refractivity contribution < 1.29 is 23.1 Å². The average Bonchev–Trinajstić information content (AvgIpc) is 2.66. The summed E-state index contributed by atoms with van der Waals surface area (Å²) in [6, 6.07) is 10.4. The molecule has 0 saturated carbocycles. The second-order valence-electron chi connectivity index (χ2n) is 6.90.